The molecular formula is C23H22Cl2N2O2. The van der Waals surface area contributed by atoms with Gasteiger partial charge in [0.25, 0.3) is 0 Å². The van der Waals surface area contributed by atoms with E-state index in [1.165, 1.54) is 11.1 Å². The topological polar surface area (TPSA) is 42.8 Å². The smallest absolute Gasteiger partial charge is 0.170 e. The van der Waals surface area contributed by atoms with Crippen molar-refractivity contribution >= 4 is 35.1 Å². The maximum Gasteiger partial charge on any atom is 0.170 e. The van der Waals surface area contributed by atoms with Crippen LogP contribution in [0.1, 0.15) is 22.3 Å². The van der Waals surface area contributed by atoms with Gasteiger partial charge in [0, 0.05) is 5.56 Å². The molecule has 150 valence electrons. The molecule has 0 fully saturated rings. The lowest BCUT2D eigenvalue weighted by Crippen LogP contribution is -2.01. The van der Waals surface area contributed by atoms with E-state index < -0.39 is 0 Å². The monoisotopic (exact) mass is 428 g/mol. The Bertz CT molecular complexity index is 1040. The molecule has 0 atom stereocenters. The molecule has 0 aliphatic heterocycles. The van der Waals surface area contributed by atoms with Crippen molar-refractivity contribution in [1.29, 1.82) is 0 Å². The number of hydrogen-bond donors (Lipinski definition) is 1. The molecule has 0 aliphatic rings. The van der Waals surface area contributed by atoms with Crippen molar-refractivity contribution in [2.24, 2.45) is 5.10 Å². The van der Waals surface area contributed by atoms with Gasteiger partial charge in [0.1, 0.15) is 6.61 Å². The Morgan fingerprint density at radius 1 is 0.966 bits per heavy atom. The summed E-state index contributed by atoms with van der Waals surface area (Å²) in [4.78, 5) is 0. The number of nitrogens with one attached hydrogen (secondary N) is 1. The minimum atomic E-state index is 0.322. The van der Waals surface area contributed by atoms with Crippen LogP contribution in [0.5, 0.6) is 11.5 Å². The Morgan fingerprint density at radius 2 is 1.79 bits per heavy atom. The number of rotatable bonds is 7. The van der Waals surface area contributed by atoms with E-state index in [1.54, 1.807) is 25.5 Å². The van der Waals surface area contributed by atoms with Crippen LogP contribution in [0.25, 0.3) is 0 Å². The third-order valence-corrected chi connectivity index (χ3v) is 5.24. The molecular weight excluding hydrogens is 407 g/mol. The molecule has 3 aromatic carbocycles. The molecule has 4 nitrogen and oxygen atoms in total. The van der Waals surface area contributed by atoms with Crippen LogP contribution in [0, 0.1) is 13.8 Å². The summed E-state index contributed by atoms with van der Waals surface area (Å²) in [6.07, 6.45) is 1.71. The van der Waals surface area contributed by atoms with Gasteiger partial charge in [-0.2, -0.15) is 5.10 Å². The first-order chi connectivity index (χ1) is 14.0. The van der Waals surface area contributed by atoms with Crippen LogP contribution in [0.15, 0.2) is 59.7 Å². The second-order valence-corrected chi connectivity index (χ2v) is 7.40. The molecule has 3 aromatic rings. The van der Waals surface area contributed by atoms with Gasteiger partial charge >= 0.3 is 0 Å². The zero-order valence-electron chi connectivity index (χ0n) is 16.5. The number of hydrogen-bond acceptors (Lipinski definition) is 4. The lowest BCUT2D eigenvalue weighted by Gasteiger charge is -2.13. The number of ether oxygens (including phenoxy) is 2. The first-order valence-corrected chi connectivity index (χ1v) is 9.83. The van der Waals surface area contributed by atoms with Gasteiger partial charge in [-0.15, -0.1) is 0 Å². The van der Waals surface area contributed by atoms with Crippen molar-refractivity contribution < 1.29 is 9.47 Å². The minimum absolute atomic E-state index is 0.322. The van der Waals surface area contributed by atoms with Crippen LogP contribution in [-0.2, 0) is 6.61 Å². The van der Waals surface area contributed by atoms with E-state index in [9.17, 15) is 0 Å². The Kier molecular flexibility index (Phi) is 7.02. The normalized spacial score (nSPS) is 10.9. The predicted molar refractivity (Wildman–Crippen MR) is 121 cm³/mol. The molecule has 0 saturated heterocycles. The van der Waals surface area contributed by atoms with E-state index in [0.29, 0.717) is 28.2 Å². The fourth-order valence-corrected chi connectivity index (χ4v) is 3.04. The molecule has 0 radical (unpaired) electrons. The fourth-order valence-electron chi connectivity index (χ4n) is 2.72. The first kappa shape index (κ1) is 21.0. The molecule has 0 heterocycles. The number of aryl methyl sites for hydroxylation is 2. The lowest BCUT2D eigenvalue weighted by molar-refractivity contribution is 0.284. The molecule has 0 unspecified atom stereocenters. The Hall–Kier alpha value is -2.69. The van der Waals surface area contributed by atoms with Crippen molar-refractivity contribution in [3.05, 3.63) is 86.9 Å². The fraction of sp³-hybridized carbons (Fsp3) is 0.174. The van der Waals surface area contributed by atoms with Gasteiger partial charge in [0.2, 0.25) is 0 Å². The van der Waals surface area contributed by atoms with E-state index >= 15 is 0 Å². The second kappa shape index (κ2) is 9.68. The number of halogens is 2. The molecule has 29 heavy (non-hydrogen) atoms. The van der Waals surface area contributed by atoms with Crippen molar-refractivity contribution in [1.82, 2.24) is 0 Å². The zero-order valence-corrected chi connectivity index (χ0v) is 18.0. The average Bonchev–Trinajstić information content (AvgIpc) is 2.72. The summed E-state index contributed by atoms with van der Waals surface area (Å²) in [6, 6.07) is 17.2. The van der Waals surface area contributed by atoms with E-state index in [1.807, 2.05) is 30.3 Å². The maximum absolute atomic E-state index is 6.09. The van der Waals surface area contributed by atoms with Crippen molar-refractivity contribution in [2.75, 3.05) is 12.5 Å². The number of benzene rings is 3. The highest BCUT2D eigenvalue weighted by Crippen LogP contribution is 2.31. The summed E-state index contributed by atoms with van der Waals surface area (Å²) in [6.45, 7) is 4.47. The van der Waals surface area contributed by atoms with Crippen molar-refractivity contribution in [3.63, 3.8) is 0 Å². The number of nitrogens with zero attached hydrogens (tertiary/aromatic N) is 1. The molecule has 3 rings (SSSR count). The summed E-state index contributed by atoms with van der Waals surface area (Å²) >= 11 is 12.1. The third kappa shape index (κ3) is 5.43. The SMILES string of the molecule is COc1cccc(C=NNc2ccc(C)c(C)c2)c1OCc1ccc(Cl)c(Cl)c1. The third-order valence-electron chi connectivity index (χ3n) is 4.50. The summed E-state index contributed by atoms with van der Waals surface area (Å²) in [7, 11) is 1.61. The molecule has 0 bridgehead atoms. The van der Waals surface area contributed by atoms with Gasteiger partial charge in [0.05, 0.1) is 29.1 Å². The summed E-state index contributed by atoms with van der Waals surface area (Å²) in [5.74, 6) is 1.23. The van der Waals surface area contributed by atoms with Crippen molar-refractivity contribution in [3.8, 4) is 11.5 Å². The van der Waals surface area contributed by atoms with Crippen LogP contribution in [0.2, 0.25) is 10.0 Å². The summed E-state index contributed by atoms with van der Waals surface area (Å²) < 4.78 is 11.5. The number of para-hydroxylation sites is 1. The van der Waals surface area contributed by atoms with Crippen LogP contribution in [0.4, 0.5) is 5.69 Å². The average molecular weight is 429 g/mol. The van der Waals surface area contributed by atoms with Gasteiger partial charge in [-0.3, -0.25) is 5.43 Å². The number of hydrazone groups is 1. The van der Waals surface area contributed by atoms with Crippen LogP contribution < -0.4 is 14.9 Å². The molecule has 0 amide bonds. The Balaban J connectivity index is 1.77. The van der Waals surface area contributed by atoms with E-state index in [4.69, 9.17) is 32.7 Å². The van der Waals surface area contributed by atoms with Crippen LogP contribution >= 0.6 is 23.2 Å². The van der Waals surface area contributed by atoms with E-state index in [2.05, 4.69) is 36.5 Å². The summed E-state index contributed by atoms with van der Waals surface area (Å²) in [5, 5.41) is 5.36. The highest BCUT2D eigenvalue weighted by atomic mass is 35.5. The summed E-state index contributed by atoms with van der Waals surface area (Å²) in [5.41, 5.74) is 8.12. The molecule has 0 aliphatic carbocycles. The second-order valence-electron chi connectivity index (χ2n) is 6.58. The molecule has 0 spiro atoms. The van der Waals surface area contributed by atoms with Crippen LogP contribution in [0.3, 0.4) is 0 Å². The number of anilines is 1. The van der Waals surface area contributed by atoms with Gasteiger partial charge in [0.15, 0.2) is 11.5 Å². The number of methoxy groups -OCH3 is 1. The van der Waals surface area contributed by atoms with Crippen molar-refractivity contribution in [2.45, 2.75) is 20.5 Å². The predicted octanol–water partition coefficient (Wildman–Crippen LogP) is 6.64. The van der Waals surface area contributed by atoms with Gasteiger partial charge in [-0.25, -0.2) is 0 Å². The standard InChI is InChI=1S/C23H22Cl2N2O2/c1-15-7-9-19(11-16(15)2)27-26-13-18-5-4-6-22(28-3)23(18)29-14-17-8-10-20(24)21(25)12-17/h4-13,27H,14H2,1-3H3. The highest BCUT2D eigenvalue weighted by Gasteiger charge is 2.10. The maximum atomic E-state index is 6.09. The van der Waals surface area contributed by atoms with E-state index in [-0.39, 0.29) is 0 Å². The Labute approximate surface area is 181 Å². The van der Waals surface area contributed by atoms with Gasteiger partial charge < -0.3 is 9.47 Å². The molecule has 0 aromatic heterocycles. The first-order valence-electron chi connectivity index (χ1n) is 9.08. The quantitative estimate of drug-likeness (QED) is 0.338. The molecule has 1 N–H and O–H groups in total. The highest BCUT2D eigenvalue weighted by molar-refractivity contribution is 6.42. The lowest BCUT2D eigenvalue weighted by atomic mass is 10.1. The van der Waals surface area contributed by atoms with E-state index in [0.717, 1.165) is 16.8 Å². The minimum Gasteiger partial charge on any atom is -0.493 e. The Morgan fingerprint density at radius 3 is 2.52 bits per heavy atom. The van der Waals surface area contributed by atoms with Crippen LogP contribution in [-0.4, -0.2) is 13.3 Å². The van der Waals surface area contributed by atoms with Gasteiger partial charge in [-0.05, 0) is 66.9 Å². The largest absolute Gasteiger partial charge is 0.493 e. The molecule has 6 heteroatoms. The molecule has 0 saturated carbocycles. The zero-order chi connectivity index (χ0) is 20.8. The van der Waals surface area contributed by atoms with Gasteiger partial charge in [-0.1, -0.05) is 41.4 Å².